The Kier molecular flexibility index (Phi) is 11.9. The lowest BCUT2D eigenvalue weighted by molar-refractivity contribution is 0.233. The second kappa shape index (κ2) is 15.4. The van der Waals surface area contributed by atoms with Crippen molar-refractivity contribution in [1.82, 2.24) is 0 Å². The third-order valence-electron chi connectivity index (χ3n) is 7.30. The molecule has 0 radical (unpaired) electrons. The zero-order valence-electron chi connectivity index (χ0n) is 23.0. The highest BCUT2D eigenvalue weighted by Crippen LogP contribution is 2.29. The van der Waals surface area contributed by atoms with Gasteiger partial charge in [0, 0.05) is 0 Å². The Balaban J connectivity index is 1.60. The maximum absolute atomic E-state index is 6.10. The standard InChI is InChI=1S/C34H46O2/c1-5-9-12-27(7-3)25-35-33-20-16-29(17-21-33)31-14-11-15-32(24-31)30-18-22-34(23-19-30)36-26-28(8-4)13-10-6-2/h11,14-24,27-28H,5-10,12-13,25-26H2,1-4H3. The van der Waals surface area contributed by atoms with Gasteiger partial charge in [-0.2, -0.15) is 0 Å². The highest BCUT2D eigenvalue weighted by molar-refractivity contribution is 5.73. The van der Waals surface area contributed by atoms with Crippen LogP contribution in [0.25, 0.3) is 22.3 Å². The molecule has 0 saturated heterocycles. The fraction of sp³-hybridized carbons (Fsp3) is 0.471. The van der Waals surface area contributed by atoms with E-state index in [-0.39, 0.29) is 0 Å². The van der Waals surface area contributed by atoms with Crippen molar-refractivity contribution < 1.29 is 9.47 Å². The first kappa shape index (κ1) is 27.8. The Morgan fingerprint density at radius 1 is 0.528 bits per heavy atom. The minimum Gasteiger partial charge on any atom is -0.493 e. The molecule has 3 aromatic carbocycles. The van der Waals surface area contributed by atoms with Gasteiger partial charge in [-0.3, -0.25) is 0 Å². The molecular weight excluding hydrogens is 440 g/mol. The highest BCUT2D eigenvalue weighted by atomic mass is 16.5. The summed E-state index contributed by atoms with van der Waals surface area (Å²) in [5.41, 5.74) is 4.85. The molecule has 0 spiro atoms. The molecule has 0 heterocycles. The minimum absolute atomic E-state index is 0.646. The van der Waals surface area contributed by atoms with E-state index < -0.39 is 0 Å². The monoisotopic (exact) mass is 486 g/mol. The van der Waals surface area contributed by atoms with E-state index in [2.05, 4.69) is 100 Å². The third kappa shape index (κ3) is 8.73. The number of unbranched alkanes of at least 4 members (excludes halogenated alkanes) is 2. The fourth-order valence-corrected chi connectivity index (χ4v) is 4.59. The van der Waals surface area contributed by atoms with Gasteiger partial charge in [0.15, 0.2) is 0 Å². The number of benzene rings is 3. The van der Waals surface area contributed by atoms with Gasteiger partial charge in [0.25, 0.3) is 0 Å². The number of hydrogen-bond donors (Lipinski definition) is 0. The number of hydrogen-bond acceptors (Lipinski definition) is 2. The van der Waals surface area contributed by atoms with Crippen LogP contribution in [0.4, 0.5) is 0 Å². The van der Waals surface area contributed by atoms with Crippen molar-refractivity contribution >= 4 is 0 Å². The summed E-state index contributed by atoms with van der Waals surface area (Å²) in [7, 11) is 0. The van der Waals surface area contributed by atoms with Crippen LogP contribution >= 0.6 is 0 Å². The molecule has 0 aliphatic rings. The lowest BCUT2D eigenvalue weighted by Gasteiger charge is -2.16. The van der Waals surface area contributed by atoms with E-state index in [9.17, 15) is 0 Å². The molecule has 0 bridgehead atoms. The molecule has 0 aliphatic carbocycles. The van der Waals surface area contributed by atoms with Gasteiger partial charge in [-0.05, 0) is 77.3 Å². The Labute approximate surface area is 220 Å². The summed E-state index contributed by atoms with van der Waals surface area (Å²) in [5, 5.41) is 0. The predicted octanol–water partition coefficient (Wildman–Crippen LogP) is 10.2. The summed E-state index contributed by atoms with van der Waals surface area (Å²) in [4.78, 5) is 0. The topological polar surface area (TPSA) is 18.5 Å². The van der Waals surface area contributed by atoms with Crippen molar-refractivity contribution in [3.8, 4) is 33.8 Å². The van der Waals surface area contributed by atoms with Crippen molar-refractivity contribution in [2.24, 2.45) is 11.8 Å². The van der Waals surface area contributed by atoms with Crippen LogP contribution in [0.2, 0.25) is 0 Å². The summed E-state index contributed by atoms with van der Waals surface area (Å²) < 4.78 is 12.2. The average Bonchev–Trinajstić information content (AvgIpc) is 2.94. The van der Waals surface area contributed by atoms with Gasteiger partial charge < -0.3 is 9.47 Å². The highest BCUT2D eigenvalue weighted by Gasteiger charge is 2.09. The quantitative estimate of drug-likeness (QED) is 0.200. The molecule has 194 valence electrons. The fourth-order valence-electron chi connectivity index (χ4n) is 4.59. The molecule has 2 atom stereocenters. The summed E-state index contributed by atoms with van der Waals surface area (Å²) in [6, 6.07) is 25.8. The predicted molar refractivity (Wildman–Crippen MR) is 155 cm³/mol. The molecule has 3 aromatic rings. The van der Waals surface area contributed by atoms with E-state index in [0.717, 1.165) is 24.7 Å². The first-order valence-corrected chi connectivity index (χ1v) is 14.2. The molecule has 0 fully saturated rings. The summed E-state index contributed by atoms with van der Waals surface area (Å²) in [5.74, 6) is 3.21. The van der Waals surface area contributed by atoms with Gasteiger partial charge in [-0.15, -0.1) is 0 Å². The summed E-state index contributed by atoms with van der Waals surface area (Å²) in [6.07, 6.45) is 9.93. The molecular formula is C34H46O2. The Hall–Kier alpha value is -2.74. The van der Waals surface area contributed by atoms with Crippen LogP contribution in [0.15, 0.2) is 72.8 Å². The largest absolute Gasteiger partial charge is 0.493 e. The smallest absolute Gasteiger partial charge is 0.119 e. The van der Waals surface area contributed by atoms with E-state index in [4.69, 9.17) is 9.47 Å². The molecule has 0 aromatic heterocycles. The molecule has 2 unspecified atom stereocenters. The van der Waals surface area contributed by atoms with Crippen LogP contribution in [-0.4, -0.2) is 13.2 Å². The zero-order chi connectivity index (χ0) is 25.6. The maximum atomic E-state index is 6.10. The maximum Gasteiger partial charge on any atom is 0.119 e. The van der Waals surface area contributed by atoms with Crippen LogP contribution in [0.3, 0.4) is 0 Å². The van der Waals surface area contributed by atoms with E-state index >= 15 is 0 Å². The van der Waals surface area contributed by atoms with E-state index in [1.165, 1.54) is 73.6 Å². The van der Waals surface area contributed by atoms with Crippen molar-refractivity contribution in [2.75, 3.05) is 13.2 Å². The normalized spacial score (nSPS) is 12.8. The van der Waals surface area contributed by atoms with E-state index in [1.54, 1.807) is 0 Å². The number of ether oxygens (including phenoxy) is 2. The molecule has 2 heteroatoms. The number of rotatable bonds is 16. The Morgan fingerprint density at radius 3 is 1.31 bits per heavy atom. The first-order valence-electron chi connectivity index (χ1n) is 14.2. The SMILES string of the molecule is CCCCC(CC)COc1ccc(-c2cccc(-c3ccc(OCC(CC)CCCC)cc3)c2)cc1. The van der Waals surface area contributed by atoms with Gasteiger partial charge in [-0.1, -0.05) is 109 Å². The minimum atomic E-state index is 0.646. The Bertz CT molecular complexity index is 912. The third-order valence-corrected chi connectivity index (χ3v) is 7.30. The van der Waals surface area contributed by atoms with Crippen LogP contribution in [0.5, 0.6) is 11.5 Å². The molecule has 3 rings (SSSR count). The average molecular weight is 487 g/mol. The van der Waals surface area contributed by atoms with Crippen LogP contribution in [0.1, 0.15) is 79.1 Å². The van der Waals surface area contributed by atoms with Crippen LogP contribution in [-0.2, 0) is 0 Å². The lowest BCUT2D eigenvalue weighted by Crippen LogP contribution is -2.11. The molecule has 0 aliphatic heterocycles. The second-order valence-electron chi connectivity index (χ2n) is 10.1. The molecule has 0 N–H and O–H groups in total. The Morgan fingerprint density at radius 2 is 0.944 bits per heavy atom. The van der Waals surface area contributed by atoms with Crippen molar-refractivity contribution in [3.63, 3.8) is 0 Å². The van der Waals surface area contributed by atoms with Crippen molar-refractivity contribution in [2.45, 2.75) is 79.1 Å². The molecule has 2 nitrogen and oxygen atoms in total. The van der Waals surface area contributed by atoms with Crippen molar-refractivity contribution in [1.29, 1.82) is 0 Å². The van der Waals surface area contributed by atoms with Crippen molar-refractivity contribution in [3.05, 3.63) is 72.8 Å². The summed E-state index contributed by atoms with van der Waals surface area (Å²) >= 11 is 0. The van der Waals surface area contributed by atoms with Crippen LogP contribution < -0.4 is 9.47 Å². The molecule has 0 saturated carbocycles. The molecule has 0 amide bonds. The summed E-state index contributed by atoms with van der Waals surface area (Å²) in [6.45, 7) is 10.6. The first-order chi connectivity index (χ1) is 17.7. The zero-order valence-corrected chi connectivity index (χ0v) is 23.0. The lowest BCUT2D eigenvalue weighted by atomic mass is 9.99. The van der Waals surface area contributed by atoms with Gasteiger partial charge in [-0.25, -0.2) is 0 Å². The van der Waals surface area contributed by atoms with Gasteiger partial charge in [0.2, 0.25) is 0 Å². The van der Waals surface area contributed by atoms with Crippen LogP contribution in [0, 0.1) is 11.8 Å². The second-order valence-corrected chi connectivity index (χ2v) is 10.1. The van der Waals surface area contributed by atoms with Gasteiger partial charge in [0.1, 0.15) is 11.5 Å². The van der Waals surface area contributed by atoms with Gasteiger partial charge in [0.05, 0.1) is 13.2 Å². The van der Waals surface area contributed by atoms with Gasteiger partial charge >= 0.3 is 0 Å². The van der Waals surface area contributed by atoms with E-state index in [0.29, 0.717) is 11.8 Å². The van der Waals surface area contributed by atoms with E-state index in [1.807, 2.05) is 0 Å². The molecule has 36 heavy (non-hydrogen) atoms.